The summed E-state index contributed by atoms with van der Waals surface area (Å²) in [5.41, 5.74) is 3.58. The fraction of sp³-hybridized carbons (Fsp3) is 0.435. The first-order valence-electron chi connectivity index (χ1n) is 10.4. The van der Waals surface area contributed by atoms with Crippen LogP contribution in [0.15, 0.2) is 36.4 Å². The highest BCUT2D eigenvalue weighted by atomic mass is 16.6. The zero-order valence-electron chi connectivity index (χ0n) is 18.1. The second-order valence-electron chi connectivity index (χ2n) is 7.71. The van der Waals surface area contributed by atoms with Crippen molar-refractivity contribution in [2.45, 2.75) is 32.7 Å². The molecule has 1 fully saturated rings. The highest BCUT2D eigenvalue weighted by Crippen LogP contribution is 2.26. The van der Waals surface area contributed by atoms with Crippen LogP contribution in [0, 0.1) is 6.92 Å². The molecule has 2 aromatic rings. The molecule has 30 heavy (non-hydrogen) atoms. The molecule has 1 saturated heterocycles. The third-order valence-corrected chi connectivity index (χ3v) is 5.32. The molecule has 2 heterocycles. The van der Waals surface area contributed by atoms with Crippen molar-refractivity contribution < 1.29 is 14.3 Å². The van der Waals surface area contributed by atoms with Crippen molar-refractivity contribution in [1.29, 1.82) is 0 Å². The zero-order valence-corrected chi connectivity index (χ0v) is 18.1. The van der Waals surface area contributed by atoms with Gasteiger partial charge in [-0.3, -0.25) is 4.79 Å². The Bertz CT molecular complexity index is 905. The van der Waals surface area contributed by atoms with Crippen LogP contribution >= 0.6 is 0 Å². The van der Waals surface area contributed by atoms with Crippen LogP contribution in [0.2, 0.25) is 0 Å². The minimum Gasteiger partial charge on any atom is -0.450 e. The molecular formula is C23H30N4O3. The second kappa shape index (κ2) is 9.61. The SMILES string of the molecule is CCOC(=O)N1CCC(NC(=O)c2ccc(-c3ccccc3C)nc2N(C)C)CC1. The van der Waals surface area contributed by atoms with Gasteiger partial charge >= 0.3 is 6.09 Å². The van der Waals surface area contributed by atoms with E-state index >= 15 is 0 Å². The van der Waals surface area contributed by atoms with E-state index in [0.717, 1.165) is 16.8 Å². The van der Waals surface area contributed by atoms with Gasteiger partial charge in [0.15, 0.2) is 0 Å². The van der Waals surface area contributed by atoms with E-state index in [2.05, 4.69) is 18.3 Å². The highest BCUT2D eigenvalue weighted by Gasteiger charge is 2.26. The minimum absolute atomic E-state index is 0.0224. The van der Waals surface area contributed by atoms with E-state index in [9.17, 15) is 9.59 Å². The Hall–Kier alpha value is -3.09. The molecule has 160 valence electrons. The Morgan fingerprint density at radius 1 is 1.17 bits per heavy atom. The number of piperidine rings is 1. The summed E-state index contributed by atoms with van der Waals surface area (Å²) in [5, 5.41) is 3.11. The summed E-state index contributed by atoms with van der Waals surface area (Å²) in [6.45, 7) is 5.37. The van der Waals surface area contributed by atoms with Crippen molar-refractivity contribution in [2.24, 2.45) is 0 Å². The third kappa shape index (κ3) is 4.90. The third-order valence-electron chi connectivity index (χ3n) is 5.32. The molecule has 0 atom stereocenters. The maximum Gasteiger partial charge on any atom is 0.409 e. The predicted molar refractivity (Wildman–Crippen MR) is 118 cm³/mol. The number of carbonyl (C=O) groups excluding carboxylic acids is 2. The Morgan fingerprint density at radius 3 is 2.50 bits per heavy atom. The first kappa shape index (κ1) is 21.6. The van der Waals surface area contributed by atoms with E-state index in [1.807, 2.05) is 49.3 Å². The fourth-order valence-corrected chi connectivity index (χ4v) is 3.66. The van der Waals surface area contributed by atoms with E-state index in [1.54, 1.807) is 11.8 Å². The summed E-state index contributed by atoms with van der Waals surface area (Å²) in [7, 11) is 3.77. The van der Waals surface area contributed by atoms with Gasteiger partial charge in [0, 0.05) is 38.8 Å². The number of rotatable bonds is 5. The number of nitrogens with one attached hydrogen (secondary N) is 1. The van der Waals surface area contributed by atoms with E-state index < -0.39 is 0 Å². The lowest BCUT2D eigenvalue weighted by Crippen LogP contribution is -2.46. The van der Waals surface area contributed by atoms with Gasteiger partial charge in [0.1, 0.15) is 5.82 Å². The summed E-state index contributed by atoms with van der Waals surface area (Å²) in [6, 6.07) is 11.8. The van der Waals surface area contributed by atoms with Crippen LogP contribution in [-0.2, 0) is 4.74 Å². The van der Waals surface area contributed by atoms with Crippen LogP contribution in [0.1, 0.15) is 35.7 Å². The van der Waals surface area contributed by atoms with Crippen LogP contribution in [0.4, 0.5) is 10.6 Å². The highest BCUT2D eigenvalue weighted by molar-refractivity contribution is 5.99. The number of hydrogen-bond acceptors (Lipinski definition) is 5. The van der Waals surface area contributed by atoms with E-state index in [4.69, 9.17) is 9.72 Å². The topological polar surface area (TPSA) is 74.8 Å². The van der Waals surface area contributed by atoms with Gasteiger partial charge in [0.05, 0.1) is 17.9 Å². The first-order chi connectivity index (χ1) is 14.4. The van der Waals surface area contributed by atoms with Gasteiger partial charge in [-0.15, -0.1) is 0 Å². The molecule has 0 bridgehead atoms. The number of hydrogen-bond donors (Lipinski definition) is 1. The van der Waals surface area contributed by atoms with Gasteiger partial charge < -0.3 is 19.9 Å². The number of carbonyl (C=O) groups is 2. The quantitative estimate of drug-likeness (QED) is 0.817. The van der Waals surface area contributed by atoms with Crippen molar-refractivity contribution in [3.05, 3.63) is 47.5 Å². The number of anilines is 1. The van der Waals surface area contributed by atoms with Crippen molar-refractivity contribution in [2.75, 3.05) is 38.7 Å². The lowest BCUT2D eigenvalue weighted by atomic mass is 10.0. The number of aryl methyl sites for hydroxylation is 1. The van der Waals surface area contributed by atoms with Gasteiger partial charge in [0.25, 0.3) is 5.91 Å². The van der Waals surface area contributed by atoms with Crippen LogP contribution in [-0.4, -0.2) is 61.7 Å². The molecule has 7 heteroatoms. The van der Waals surface area contributed by atoms with Crippen molar-refractivity contribution in [3.63, 3.8) is 0 Å². The maximum absolute atomic E-state index is 13.0. The van der Waals surface area contributed by atoms with Crippen LogP contribution < -0.4 is 10.2 Å². The smallest absolute Gasteiger partial charge is 0.409 e. The molecule has 1 aromatic carbocycles. The number of amides is 2. The van der Waals surface area contributed by atoms with Gasteiger partial charge in [-0.2, -0.15) is 0 Å². The standard InChI is InChI=1S/C23H30N4O3/c1-5-30-23(29)27-14-12-17(13-15-27)24-22(28)19-10-11-20(25-21(19)26(3)4)18-9-7-6-8-16(18)2/h6-11,17H,5,12-15H2,1-4H3,(H,24,28). The van der Waals surface area contributed by atoms with Crippen molar-refractivity contribution in [3.8, 4) is 11.3 Å². The number of aromatic nitrogens is 1. The van der Waals surface area contributed by atoms with Crippen LogP contribution in [0.25, 0.3) is 11.3 Å². The van der Waals surface area contributed by atoms with Gasteiger partial charge in [-0.1, -0.05) is 24.3 Å². The number of pyridine rings is 1. The molecule has 2 amide bonds. The molecule has 1 N–H and O–H groups in total. The molecule has 1 aliphatic heterocycles. The summed E-state index contributed by atoms with van der Waals surface area (Å²) in [6.07, 6.45) is 1.13. The summed E-state index contributed by atoms with van der Waals surface area (Å²) in [5.74, 6) is 0.495. The average molecular weight is 411 g/mol. The maximum atomic E-state index is 13.0. The molecule has 0 aliphatic carbocycles. The number of likely N-dealkylation sites (tertiary alicyclic amines) is 1. The summed E-state index contributed by atoms with van der Waals surface area (Å²) in [4.78, 5) is 33.2. The lowest BCUT2D eigenvalue weighted by Gasteiger charge is -2.31. The molecule has 0 saturated carbocycles. The Morgan fingerprint density at radius 2 is 1.87 bits per heavy atom. The summed E-state index contributed by atoms with van der Waals surface area (Å²) < 4.78 is 5.05. The van der Waals surface area contributed by atoms with E-state index in [-0.39, 0.29) is 18.0 Å². The average Bonchev–Trinajstić information content (AvgIpc) is 2.74. The van der Waals surface area contributed by atoms with Crippen molar-refractivity contribution >= 4 is 17.8 Å². The first-order valence-corrected chi connectivity index (χ1v) is 10.4. The van der Waals surface area contributed by atoms with Crippen LogP contribution in [0.5, 0.6) is 0 Å². The molecular weight excluding hydrogens is 380 g/mol. The molecule has 1 aliphatic rings. The largest absolute Gasteiger partial charge is 0.450 e. The lowest BCUT2D eigenvalue weighted by molar-refractivity contribution is 0.0860. The Kier molecular flexibility index (Phi) is 6.92. The molecule has 0 spiro atoms. The number of ether oxygens (including phenoxy) is 1. The minimum atomic E-state index is -0.284. The molecule has 7 nitrogen and oxygen atoms in total. The van der Waals surface area contributed by atoms with Gasteiger partial charge in [-0.25, -0.2) is 9.78 Å². The van der Waals surface area contributed by atoms with Gasteiger partial charge in [-0.05, 0) is 44.4 Å². The molecule has 0 unspecified atom stereocenters. The number of benzene rings is 1. The van der Waals surface area contributed by atoms with E-state index in [1.165, 1.54) is 0 Å². The fourth-order valence-electron chi connectivity index (χ4n) is 3.66. The molecule has 3 rings (SSSR count). The Labute approximate surface area is 178 Å². The van der Waals surface area contributed by atoms with Gasteiger partial charge in [0.2, 0.25) is 0 Å². The monoisotopic (exact) mass is 410 g/mol. The Balaban J connectivity index is 1.72. The van der Waals surface area contributed by atoms with Crippen LogP contribution in [0.3, 0.4) is 0 Å². The molecule has 0 radical (unpaired) electrons. The van der Waals surface area contributed by atoms with Crippen molar-refractivity contribution in [1.82, 2.24) is 15.2 Å². The predicted octanol–water partition coefficient (Wildman–Crippen LogP) is 3.47. The number of nitrogens with zero attached hydrogens (tertiary/aromatic N) is 3. The summed E-state index contributed by atoms with van der Waals surface area (Å²) >= 11 is 0. The van der Waals surface area contributed by atoms with E-state index in [0.29, 0.717) is 43.9 Å². The molecule has 1 aromatic heterocycles. The normalized spacial score (nSPS) is 14.3. The second-order valence-corrected chi connectivity index (χ2v) is 7.71. The zero-order chi connectivity index (χ0) is 21.7.